The third kappa shape index (κ3) is 3.96. The summed E-state index contributed by atoms with van der Waals surface area (Å²) in [5.74, 6) is 0.0727. The Balaban J connectivity index is 1.54. The number of hydrogen-bond acceptors (Lipinski definition) is 4. The Morgan fingerprint density at radius 3 is 2.96 bits per heavy atom. The van der Waals surface area contributed by atoms with Gasteiger partial charge in [-0.2, -0.15) is 5.10 Å². The van der Waals surface area contributed by atoms with Gasteiger partial charge in [-0.15, -0.1) is 0 Å². The summed E-state index contributed by atoms with van der Waals surface area (Å²) in [6, 6.07) is 10.0. The minimum absolute atomic E-state index is 0.0727. The number of aryl methyl sites for hydroxylation is 1. The first-order valence-corrected chi connectivity index (χ1v) is 8.02. The molecule has 122 valence electrons. The van der Waals surface area contributed by atoms with E-state index in [0.29, 0.717) is 19.7 Å². The predicted octanol–water partition coefficient (Wildman–Crippen LogP) is 1.70. The first kappa shape index (κ1) is 15.7. The van der Waals surface area contributed by atoms with Crippen molar-refractivity contribution in [3.63, 3.8) is 0 Å². The van der Waals surface area contributed by atoms with E-state index in [1.165, 1.54) is 11.9 Å². The molecule has 2 aromatic rings. The molecule has 1 amide bonds. The molecule has 3 rings (SSSR count). The Hall–Kier alpha value is -2.21. The highest BCUT2D eigenvalue weighted by Crippen LogP contribution is 2.16. The van der Waals surface area contributed by atoms with Crippen molar-refractivity contribution in [2.24, 2.45) is 0 Å². The maximum absolute atomic E-state index is 12.6. The Bertz CT molecular complexity index is 615. The van der Waals surface area contributed by atoms with Crippen LogP contribution >= 0.6 is 0 Å². The molecule has 1 aromatic carbocycles. The summed E-state index contributed by atoms with van der Waals surface area (Å²) >= 11 is 0. The Kier molecular flexibility index (Phi) is 5.02. The molecule has 0 bridgehead atoms. The molecule has 1 aliphatic rings. The van der Waals surface area contributed by atoms with Crippen LogP contribution in [0.15, 0.2) is 43.0 Å². The lowest BCUT2D eigenvalue weighted by Gasteiger charge is -2.34. The van der Waals surface area contributed by atoms with Gasteiger partial charge >= 0.3 is 0 Å². The van der Waals surface area contributed by atoms with Crippen LogP contribution in [0.5, 0.6) is 0 Å². The lowest BCUT2D eigenvalue weighted by molar-refractivity contribution is -0.142. The fourth-order valence-electron chi connectivity index (χ4n) is 2.86. The van der Waals surface area contributed by atoms with E-state index in [2.05, 4.69) is 22.2 Å². The lowest BCUT2D eigenvalue weighted by Crippen LogP contribution is -2.47. The van der Waals surface area contributed by atoms with Crippen LogP contribution in [0.4, 0.5) is 0 Å². The van der Waals surface area contributed by atoms with Crippen molar-refractivity contribution in [2.75, 3.05) is 19.7 Å². The molecule has 0 aliphatic carbocycles. The number of nitrogens with zero attached hydrogens (tertiary/aromatic N) is 4. The first-order chi connectivity index (χ1) is 11.2. The number of rotatable bonds is 5. The number of carbonyl (C=O) groups excluding carboxylic acids is 1. The summed E-state index contributed by atoms with van der Waals surface area (Å²) in [5, 5.41) is 4.05. The van der Waals surface area contributed by atoms with Crippen molar-refractivity contribution in [1.82, 2.24) is 19.7 Å². The number of morpholine rings is 1. The second-order valence-electron chi connectivity index (χ2n) is 5.85. The largest absolute Gasteiger partial charge is 0.375 e. The quantitative estimate of drug-likeness (QED) is 0.843. The molecule has 1 aliphatic heterocycles. The minimum Gasteiger partial charge on any atom is -0.375 e. The van der Waals surface area contributed by atoms with Crippen molar-refractivity contribution < 1.29 is 9.53 Å². The third-order valence-electron chi connectivity index (χ3n) is 4.24. The van der Waals surface area contributed by atoms with Crippen LogP contribution < -0.4 is 0 Å². The molecule has 1 aromatic heterocycles. The van der Waals surface area contributed by atoms with Crippen LogP contribution in [0.2, 0.25) is 0 Å². The van der Waals surface area contributed by atoms with Crippen molar-refractivity contribution in [1.29, 1.82) is 0 Å². The molecule has 6 heteroatoms. The summed E-state index contributed by atoms with van der Waals surface area (Å²) in [7, 11) is 0. The second-order valence-corrected chi connectivity index (χ2v) is 5.85. The highest BCUT2D eigenvalue weighted by atomic mass is 16.5. The predicted molar refractivity (Wildman–Crippen MR) is 85.8 cm³/mol. The molecule has 23 heavy (non-hydrogen) atoms. The molecule has 0 saturated carbocycles. The van der Waals surface area contributed by atoms with Crippen molar-refractivity contribution >= 4 is 5.91 Å². The number of carbonyl (C=O) groups is 1. The van der Waals surface area contributed by atoms with E-state index in [-0.39, 0.29) is 18.1 Å². The van der Waals surface area contributed by atoms with Gasteiger partial charge in [-0.3, -0.25) is 4.79 Å². The third-order valence-corrected chi connectivity index (χ3v) is 4.24. The summed E-state index contributed by atoms with van der Waals surface area (Å²) in [4.78, 5) is 18.4. The van der Waals surface area contributed by atoms with Gasteiger partial charge in [0.1, 0.15) is 18.7 Å². The van der Waals surface area contributed by atoms with Gasteiger partial charge in [-0.25, -0.2) is 9.67 Å². The summed E-state index contributed by atoms with van der Waals surface area (Å²) in [6.45, 7) is 3.73. The highest BCUT2D eigenvalue weighted by molar-refractivity contribution is 5.80. The van der Waals surface area contributed by atoms with Crippen LogP contribution in [0.25, 0.3) is 0 Å². The monoisotopic (exact) mass is 314 g/mol. The first-order valence-electron chi connectivity index (χ1n) is 8.02. The SMILES string of the molecule is C[C@H](C(=O)N1CCO[C@H](CCc2ccccc2)C1)n1cncn1. The number of ether oxygens (including phenoxy) is 1. The van der Waals surface area contributed by atoms with Gasteiger partial charge in [-0.05, 0) is 25.3 Å². The standard InChI is InChI=1S/C17H22N4O2/c1-14(21-13-18-12-19-21)17(22)20-9-10-23-16(11-20)8-7-15-5-3-2-4-6-15/h2-6,12-14,16H,7-11H2,1H3/t14-,16-/m1/s1. The maximum atomic E-state index is 12.6. The van der Waals surface area contributed by atoms with E-state index in [4.69, 9.17) is 4.74 Å². The van der Waals surface area contributed by atoms with Crippen molar-refractivity contribution in [3.8, 4) is 0 Å². The smallest absolute Gasteiger partial charge is 0.247 e. The van der Waals surface area contributed by atoms with Gasteiger partial charge in [0.2, 0.25) is 5.91 Å². The number of hydrogen-bond donors (Lipinski definition) is 0. The fraction of sp³-hybridized carbons (Fsp3) is 0.471. The van der Waals surface area contributed by atoms with Gasteiger partial charge < -0.3 is 9.64 Å². The topological polar surface area (TPSA) is 60.2 Å². The molecular weight excluding hydrogens is 292 g/mol. The molecular formula is C17H22N4O2. The van der Waals surface area contributed by atoms with Gasteiger partial charge in [0.05, 0.1) is 12.7 Å². The van der Waals surface area contributed by atoms with Gasteiger partial charge in [0, 0.05) is 13.1 Å². The van der Waals surface area contributed by atoms with Crippen LogP contribution in [0.1, 0.15) is 24.9 Å². The van der Waals surface area contributed by atoms with E-state index < -0.39 is 0 Å². The summed E-state index contributed by atoms with van der Waals surface area (Å²) in [5.41, 5.74) is 1.30. The fourth-order valence-corrected chi connectivity index (χ4v) is 2.86. The van der Waals surface area contributed by atoms with Crippen molar-refractivity contribution in [3.05, 3.63) is 48.5 Å². The van der Waals surface area contributed by atoms with Crippen LogP contribution in [0.3, 0.4) is 0 Å². The molecule has 2 heterocycles. The van der Waals surface area contributed by atoms with Gasteiger partial charge in [-0.1, -0.05) is 30.3 Å². The van der Waals surface area contributed by atoms with Crippen LogP contribution in [-0.2, 0) is 16.0 Å². The van der Waals surface area contributed by atoms with E-state index in [1.807, 2.05) is 30.0 Å². The van der Waals surface area contributed by atoms with E-state index >= 15 is 0 Å². The number of benzene rings is 1. The summed E-state index contributed by atoms with van der Waals surface area (Å²) < 4.78 is 7.42. The van der Waals surface area contributed by atoms with E-state index in [0.717, 1.165) is 12.8 Å². The lowest BCUT2D eigenvalue weighted by atomic mass is 10.1. The summed E-state index contributed by atoms with van der Waals surface area (Å²) in [6.07, 6.45) is 5.01. The van der Waals surface area contributed by atoms with Gasteiger partial charge in [0.25, 0.3) is 0 Å². The minimum atomic E-state index is -0.328. The second kappa shape index (κ2) is 7.37. The zero-order valence-electron chi connectivity index (χ0n) is 13.3. The average molecular weight is 314 g/mol. The van der Waals surface area contributed by atoms with Crippen LogP contribution in [-0.4, -0.2) is 51.4 Å². The van der Waals surface area contributed by atoms with Gasteiger partial charge in [0.15, 0.2) is 0 Å². The molecule has 1 fully saturated rings. The normalized spacial score (nSPS) is 19.5. The zero-order valence-corrected chi connectivity index (χ0v) is 13.3. The Labute approximate surface area is 136 Å². The zero-order chi connectivity index (χ0) is 16.1. The van der Waals surface area contributed by atoms with E-state index in [9.17, 15) is 4.79 Å². The molecule has 2 atom stereocenters. The van der Waals surface area contributed by atoms with E-state index in [1.54, 1.807) is 11.0 Å². The Morgan fingerprint density at radius 2 is 2.22 bits per heavy atom. The Morgan fingerprint density at radius 1 is 1.39 bits per heavy atom. The highest BCUT2D eigenvalue weighted by Gasteiger charge is 2.28. The molecule has 0 radical (unpaired) electrons. The maximum Gasteiger partial charge on any atom is 0.247 e. The average Bonchev–Trinajstić information content (AvgIpc) is 3.14. The molecule has 0 unspecified atom stereocenters. The molecule has 6 nitrogen and oxygen atoms in total. The van der Waals surface area contributed by atoms with Crippen molar-refractivity contribution in [2.45, 2.75) is 31.9 Å². The molecule has 0 spiro atoms. The molecule has 0 N–H and O–H groups in total. The van der Waals surface area contributed by atoms with Crippen LogP contribution in [0, 0.1) is 0 Å². The molecule has 1 saturated heterocycles. The number of amides is 1. The number of aromatic nitrogens is 3.